The Morgan fingerprint density at radius 2 is 1.57 bits per heavy atom. The predicted octanol–water partition coefficient (Wildman–Crippen LogP) is 4.94. The number of nitrogens with one attached hydrogen (secondary N) is 3. The van der Waals surface area contributed by atoms with Crippen molar-refractivity contribution in [3.05, 3.63) is 52.0 Å². The maximum Gasteiger partial charge on any atom is 0.308 e. The smallest absolute Gasteiger partial charge is 0.308 e. The Balaban J connectivity index is 2.34. The number of thiazole rings is 1. The molecule has 3 amide bonds. The number of hydrogen-bond donors (Lipinski definition) is 3. The van der Waals surface area contributed by atoms with Crippen LogP contribution in [0.5, 0.6) is 0 Å². The number of amides is 3. The zero-order valence-corrected chi connectivity index (χ0v) is 33.0. The molecule has 0 bridgehead atoms. The average Bonchev–Trinajstić information content (AvgIpc) is 3.58. The average molecular weight is 730 g/mol. The van der Waals surface area contributed by atoms with Crippen LogP contribution in [-0.4, -0.2) is 84.9 Å². The predicted molar refractivity (Wildman–Crippen MR) is 199 cm³/mol. The van der Waals surface area contributed by atoms with Gasteiger partial charge in [-0.15, -0.1) is 11.3 Å². The number of aromatic nitrogens is 1. The molecule has 0 aliphatic rings. The SMILES string of the molecule is CC[C@H](C)[C@H](NC(=O)[C@H](NC)C(C)C)C(=O)N(C)[C@H](C[C@@H](OC(C)=O)c1nc(C(=O)N[C@@H](Cc2ccccc2)C[C@H](C)C(=O)OC)cs1)C(C)C. The summed E-state index contributed by atoms with van der Waals surface area (Å²) < 4.78 is 10.7. The minimum Gasteiger partial charge on any atom is -0.469 e. The highest BCUT2D eigenvalue weighted by molar-refractivity contribution is 7.09. The summed E-state index contributed by atoms with van der Waals surface area (Å²) in [6.07, 6.45) is 0.942. The first-order valence-corrected chi connectivity index (χ1v) is 18.7. The lowest BCUT2D eigenvalue weighted by atomic mass is 9.92. The van der Waals surface area contributed by atoms with Crippen LogP contribution in [0.25, 0.3) is 0 Å². The van der Waals surface area contributed by atoms with E-state index in [0.717, 1.165) is 5.56 Å². The maximum absolute atomic E-state index is 14.1. The molecule has 0 aliphatic carbocycles. The number of hydrogen-bond acceptors (Lipinski definition) is 10. The van der Waals surface area contributed by atoms with E-state index in [-0.39, 0.29) is 53.7 Å². The summed E-state index contributed by atoms with van der Waals surface area (Å²) >= 11 is 1.20. The van der Waals surface area contributed by atoms with E-state index in [4.69, 9.17) is 9.47 Å². The van der Waals surface area contributed by atoms with Crippen molar-refractivity contribution >= 4 is 41.0 Å². The second-order valence-corrected chi connectivity index (χ2v) is 15.0. The molecular weight excluding hydrogens is 671 g/mol. The minimum atomic E-state index is -0.831. The number of carbonyl (C=O) groups excluding carboxylic acids is 5. The Morgan fingerprint density at radius 1 is 0.922 bits per heavy atom. The Kier molecular flexibility index (Phi) is 17.7. The molecule has 0 saturated carbocycles. The van der Waals surface area contributed by atoms with E-state index < -0.39 is 42.0 Å². The zero-order valence-electron chi connectivity index (χ0n) is 32.1. The molecule has 0 fully saturated rings. The zero-order chi connectivity index (χ0) is 38.4. The minimum absolute atomic E-state index is 0.0248. The van der Waals surface area contributed by atoms with Crippen LogP contribution in [0.4, 0.5) is 0 Å². The van der Waals surface area contributed by atoms with Crippen LogP contribution in [0.15, 0.2) is 35.7 Å². The van der Waals surface area contributed by atoms with Gasteiger partial charge in [-0.05, 0) is 43.2 Å². The summed E-state index contributed by atoms with van der Waals surface area (Å²) in [5.41, 5.74) is 1.16. The molecule has 0 aliphatic heterocycles. The number of rotatable bonds is 20. The van der Waals surface area contributed by atoms with Gasteiger partial charge in [-0.3, -0.25) is 24.0 Å². The lowest BCUT2D eigenvalue weighted by molar-refractivity contribution is -0.149. The molecule has 1 aromatic heterocycles. The van der Waals surface area contributed by atoms with E-state index in [9.17, 15) is 24.0 Å². The van der Waals surface area contributed by atoms with Crippen molar-refractivity contribution in [3.8, 4) is 0 Å². The van der Waals surface area contributed by atoms with E-state index in [0.29, 0.717) is 24.3 Å². The third-order valence-electron chi connectivity index (χ3n) is 9.35. The van der Waals surface area contributed by atoms with Crippen LogP contribution in [0.2, 0.25) is 0 Å². The number of benzene rings is 1. The van der Waals surface area contributed by atoms with Crippen molar-refractivity contribution < 1.29 is 33.4 Å². The quantitative estimate of drug-likeness (QED) is 0.161. The van der Waals surface area contributed by atoms with Gasteiger partial charge in [0.05, 0.1) is 19.1 Å². The molecule has 0 unspecified atom stereocenters. The Labute approximate surface area is 307 Å². The highest BCUT2D eigenvalue weighted by Gasteiger charge is 2.36. The molecule has 284 valence electrons. The fourth-order valence-electron chi connectivity index (χ4n) is 6.19. The summed E-state index contributed by atoms with van der Waals surface area (Å²) in [6, 6.07) is 7.69. The summed E-state index contributed by atoms with van der Waals surface area (Å²) in [5, 5.41) is 11.1. The van der Waals surface area contributed by atoms with Crippen LogP contribution >= 0.6 is 11.3 Å². The molecule has 1 heterocycles. The molecule has 3 N–H and O–H groups in total. The monoisotopic (exact) mass is 729 g/mol. The van der Waals surface area contributed by atoms with Gasteiger partial charge in [0.1, 0.15) is 16.7 Å². The van der Waals surface area contributed by atoms with Crippen molar-refractivity contribution in [1.82, 2.24) is 25.8 Å². The van der Waals surface area contributed by atoms with E-state index in [1.807, 2.05) is 71.9 Å². The highest BCUT2D eigenvalue weighted by Crippen LogP contribution is 2.31. The fourth-order valence-corrected chi connectivity index (χ4v) is 7.03. The number of ether oxygens (including phenoxy) is 2. The maximum atomic E-state index is 14.1. The van der Waals surface area contributed by atoms with Gasteiger partial charge in [0.2, 0.25) is 11.8 Å². The van der Waals surface area contributed by atoms with Crippen molar-refractivity contribution in [2.75, 3.05) is 21.2 Å². The van der Waals surface area contributed by atoms with Gasteiger partial charge < -0.3 is 30.3 Å². The largest absolute Gasteiger partial charge is 0.469 e. The molecule has 0 spiro atoms. The van der Waals surface area contributed by atoms with Gasteiger partial charge >= 0.3 is 11.9 Å². The molecule has 7 atom stereocenters. The normalized spacial score (nSPS) is 15.5. The van der Waals surface area contributed by atoms with Crippen LogP contribution < -0.4 is 16.0 Å². The van der Waals surface area contributed by atoms with Gasteiger partial charge in [-0.2, -0.15) is 0 Å². The summed E-state index contributed by atoms with van der Waals surface area (Å²) in [4.78, 5) is 71.6. The van der Waals surface area contributed by atoms with E-state index >= 15 is 0 Å². The molecule has 2 aromatic rings. The van der Waals surface area contributed by atoms with Crippen LogP contribution in [0.1, 0.15) is 102 Å². The summed E-state index contributed by atoms with van der Waals surface area (Å²) in [6.45, 7) is 14.8. The number of likely N-dealkylation sites (N-methyl/N-ethyl adjacent to an activating group) is 2. The third-order valence-corrected chi connectivity index (χ3v) is 10.3. The van der Waals surface area contributed by atoms with Gasteiger partial charge in [-0.1, -0.05) is 85.2 Å². The van der Waals surface area contributed by atoms with Crippen LogP contribution in [0, 0.1) is 23.7 Å². The van der Waals surface area contributed by atoms with Crippen molar-refractivity contribution in [2.24, 2.45) is 23.7 Å². The second-order valence-electron chi connectivity index (χ2n) is 14.1. The van der Waals surface area contributed by atoms with Crippen LogP contribution in [-0.2, 0) is 35.1 Å². The standard InChI is InChI=1S/C38H59N5O7S/c1-12-24(6)33(42-35(46)32(39-9)23(4)5)37(47)43(10)30(22(2)3)20-31(50-26(8)44)36-41-29(21-51-36)34(45)40-28(18-25(7)38(48)49-11)19-27-16-14-13-15-17-27/h13-17,21-25,28,30-33,39H,12,18-20H2,1-11H3,(H,40,45)(H,42,46)/t24-,25-,28+,30+,31+,32+,33-/m0/s1. The Bertz CT molecular complexity index is 1430. The number of carbonyl (C=O) groups is 5. The fraction of sp³-hybridized carbons (Fsp3) is 0.632. The third kappa shape index (κ3) is 13.0. The van der Waals surface area contributed by atoms with Crippen molar-refractivity contribution in [1.29, 1.82) is 0 Å². The summed E-state index contributed by atoms with van der Waals surface area (Å²) in [7, 11) is 4.77. The molecule has 12 nitrogen and oxygen atoms in total. The van der Waals surface area contributed by atoms with E-state index in [1.165, 1.54) is 25.4 Å². The summed E-state index contributed by atoms with van der Waals surface area (Å²) in [5.74, 6) is -2.37. The van der Waals surface area contributed by atoms with Gasteiger partial charge in [0.25, 0.3) is 5.91 Å². The number of nitrogens with zero attached hydrogens (tertiary/aromatic N) is 2. The van der Waals surface area contributed by atoms with Gasteiger partial charge in [0.15, 0.2) is 6.10 Å². The van der Waals surface area contributed by atoms with E-state index in [1.54, 1.807) is 31.3 Å². The molecule has 0 saturated heterocycles. The topological polar surface area (TPSA) is 156 Å². The second kappa shape index (κ2) is 20.9. The van der Waals surface area contributed by atoms with Crippen molar-refractivity contribution in [2.45, 2.75) is 111 Å². The number of methoxy groups -OCH3 is 1. The first kappa shape index (κ1) is 43.3. The Hall–Kier alpha value is -3.84. The Morgan fingerprint density at radius 3 is 2.10 bits per heavy atom. The first-order valence-electron chi connectivity index (χ1n) is 17.8. The molecule has 0 radical (unpaired) electrons. The molecule has 51 heavy (non-hydrogen) atoms. The van der Waals surface area contributed by atoms with E-state index in [2.05, 4.69) is 20.9 Å². The van der Waals surface area contributed by atoms with Gasteiger partial charge in [0, 0.05) is 37.9 Å². The van der Waals surface area contributed by atoms with Crippen LogP contribution in [0.3, 0.4) is 0 Å². The molecular formula is C38H59N5O7S. The molecule has 13 heteroatoms. The highest BCUT2D eigenvalue weighted by atomic mass is 32.1. The van der Waals surface area contributed by atoms with Crippen molar-refractivity contribution in [3.63, 3.8) is 0 Å². The number of esters is 2. The first-order chi connectivity index (χ1) is 24.0. The molecule has 2 rings (SSSR count). The van der Waals surface area contributed by atoms with Gasteiger partial charge in [-0.25, -0.2) is 4.98 Å². The molecule has 1 aromatic carbocycles. The lowest BCUT2D eigenvalue weighted by Crippen LogP contribution is -2.57. The lowest BCUT2D eigenvalue weighted by Gasteiger charge is -2.37.